The van der Waals surface area contributed by atoms with Crippen LogP contribution in [0.2, 0.25) is 0 Å². The SMILES string of the molecule is N#C[I+]c1cc(C(F)(F)F)cc(C(F)(F)F)c1.O=S(=O)([O-])C(F)(F)F. The normalized spacial score (nSPS) is 12.8. The van der Waals surface area contributed by atoms with E-state index in [4.69, 9.17) is 18.2 Å². The summed E-state index contributed by atoms with van der Waals surface area (Å²) in [6.07, 6.45) is -9.70. The van der Waals surface area contributed by atoms with Gasteiger partial charge in [0.25, 0.3) is 0 Å². The molecule has 0 aliphatic heterocycles. The number of alkyl halides is 9. The van der Waals surface area contributed by atoms with Crippen LogP contribution in [-0.2, 0) is 22.5 Å². The van der Waals surface area contributed by atoms with Gasteiger partial charge in [-0.2, -0.15) is 39.5 Å². The number of hydrogen-bond donors (Lipinski definition) is 0. The van der Waals surface area contributed by atoms with E-state index in [-0.39, 0.29) is 9.64 Å². The lowest BCUT2D eigenvalue weighted by atomic mass is 10.1. The van der Waals surface area contributed by atoms with Gasteiger partial charge in [0.1, 0.15) is 0 Å². The van der Waals surface area contributed by atoms with Crippen molar-refractivity contribution in [3.63, 3.8) is 0 Å². The van der Waals surface area contributed by atoms with Gasteiger partial charge in [-0.25, -0.2) is 8.42 Å². The van der Waals surface area contributed by atoms with E-state index in [1.165, 1.54) is 0 Å². The first kappa shape index (κ1) is 23.7. The van der Waals surface area contributed by atoms with Crippen LogP contribution in [0, 0.1) is 12.9 Å². The van der Waals surface area contributed by atoms with Gasteiger partial charge >= 0.3 is 43.1 Å². The van der Waals surface area contributed by atoms with E-state index in [0.29, 0.717) is 12.1 Å². The molecule has 0 saturated carbocycles. The van der Waals surface area contributed by atoms with Gasteiger partial charge in [0.15, 0.2) is 10.1 Å². The van der Waals surface area contributed by atoms with E-state index < -0.39 is 60.3 Å². The molecule has 0 unspecified atom stereocenters. The van der Waals surface area contributed by atoms with E-state index in [9.17, 15) is 39.5 Å². The largest absolute Gasteiger partial charge is 0.741 e. The van der Waals surface area contributed by atoms with Gasteiger partial charge in [-0.05, 0) is 6.07 Å². The van der Waals surface area contributed by atoms with E-state index in [1.807, 2.05) is 0 Å². The standard InChI is InChI=1S/C9H3F6IN.CHF3O3S/c10-8(11,12)5-1-6(9(13,14)15)3-7(2-5)16-4-17;2-1(3,4)8(5,6)7/h1-3H;(H,5,6,7)/q+1;/p-1. The van der Waals surface area contributed by atoms with Crippen LogP contribution in [-0.4, -0.2) is 18.5 Å². The van der Waals surface area contributed by atoms with Crippen LogP contribution < -0.4 is 21.2 Å². The van der Waals surface area contributed by atoms with Crippen molar-refractivity contribution in [2.24, 2.45) is 0 Å². The Kier molecular flexibility index (Phi) is 7.54. The molecule has 4 nitrogen and oxygen atoms in total. The molecule has 142 valence electrons. The number of halogens is 10. The van der Waals surface area contributed by atoms with Crippen molar-refractivity contribution in [2.45, 2.75) is 17.9 Å². The van der Waals surface area contributed by atoms with Crippen LogP contribution in [0.3, 0.4) is 0 Å². The highest BCUT2D eigenvalue weighted by Gasteiger charge is 2.39. The molecule has 0 aliphatic carbocycles. The van der Waals surface area contributed by atoms with Crippen LogP contribution in [0.1, 0.15) is 11.1 Å². The van der Waals surface area contributed by atoms with Crippen molar-refractivity contribution in [2.75, 3.05) is 0 Å². The maximum absolute atomic E-state index is 12.3. The molecule has 25 heavy (non-hydrogen) atoms. The first-order valence-corrected chi connectivity index (χ1v) is 8.80. The Bertz CT molecular complexity index is 715. The number of hydrogen-bond acceptors (Lipinski definition) is 4. The molecule has 0 aliphatic rings. The summed E-state index contributed by atoms with van der Waals surface area (Å²) in [5.74, 6) is 0. The fourth-order valence-corrected chi connectivity index (χ4v) is 2.28. The van der Waals surface area contributed by atoms with Crippen LogP contribution in [0.5, 0.6) is 0 Å². The average molecular weight is 515 g/mol. The van der Waals surface area contributed by atoms with E-state index in [1.54, 1.807) is 4.08 Å². The molecule has 0 N–H and O–H groups in total. The molecule has 1 aromatic rings. The Morgan fingerprint density at radius 3 is 1.40 bits per heavy atom. The Hall–Kier alpha value is -1.28. The fourth-order valence-electron chi connectivity index (χ4n) is 1.02. The molecule has 0 radical (unpaired) electrons. The maximum Gasteiger partial charge on any atom is 0.485 e. The van der Waals surface area contributed by atoms with Gasteiger partial charge < -0.3 is 4.55 Å². The second-order valence-corrected chi connectivity index (χ2v) is 7.44. The van der Waals surface area contributed by atoms with Crippen molar-refractivity contribution in [3.05, 3.63) is 32.9 Å². The first-order valence-electron chi connectivity index (χ1n) is 5.24. The summed E-state index contributed by atoms with van der Waals surface area (Å²) in [6.45, 7) is 0. The van der Waals surface area contributed by atoms with Gasteiger partial charge in [-0.15, -0.1) is 5.26 Å². The monoisotopic (exact) mass is 515 g/mol. The molecule has 1 rings (SSSR count). The molecule has 0 fully saturated rings. The van der Waals surface area contributed by atoms with E-state index in [2.05, 4.69) is 0 Å². The predicted octanol–water partition coefficient (Wildman–Crippen LogP) is 0.515. The summed E-state index contributed by atoms with van der Waals surface area (Å²) in [5, 5.41) is 8.34. The van der Waals surface area contributed by atoms with Crippen LogP contribution in [0.15, 0.2) is 18.2 Å². The van der Waals surface area contributed by atoms with Gasteiger partial charge in [0.05, 0.1) is 11.1 Å². The number of rotatable bonds is 1. The summed E-state index contributed by atoms with van der Waals surface area (Å²) in [5.41, 5.74) is -8.40. The highest BCUT2D eigenvalue weighted by Crippen LogP contribution is 2.35. The summed E-state index contributed by atoms with van der Waals surface area (Å²) >= 11 is -1.49. The summed E-state index contributed by atoms with van der Waals surface area (Å²) in [7, 11) is -6.09. The summed E-state index contributed by atoms with van der Waals surface area (Å²) in [6, 6.07) is 1.22. The molecule has 0 bridgehead atoms. The van der Waals surface area contributed by atoms with Crippen molar-refractivity contribution in [1.82, 2.24) is 0 Å². The lowest BCUT2D eigenvalue weighted by Gasteiger charge is -2.10. The zero-order valence-corrected chi connectivity index (χ0v) is 14.1. The molecule has 0 spiro atoms. The zero-order chi connectivity index (χ0) is 20.3. The molecule has 0 amide bonds. The van der Waals surface area contributed by atoms with Crippen molar-refractivity contribution < 1.29 is 73.7 Å². The third-order valence-corrected chi connectivity index (χ3v) is 4.04. The molecule has 0 saturated heterocycles. The minimum absolute atomic E-state index is 0.0462. The summed E-state index contributed by atoms with van der Waals surface area (Å²) < 4.78 is 134. The molecule has 1 aromatic carbocycles. The zero-order valence-electron chi connectivity index (χ0n) is 11.1. The Labute approximate surface area is 144 Å². The third kappa shape index (κ3) is 8.09. The van der Waals surface area contributed by atoms with Gasteiger partial charge in [0.2, 0.25) is 3.57 Å². The van der Waals surface area contributed by atoms with Crippen molar-refractivity contribution in [3.8, 4) is 4.08 Å². The second-order valence-electron chi connectivity index (χ2n) is 3.80. The molecule has 0 atom stereocenters. The third-order valence-electron chi connectivity index (χ3n) is 1.99. The van der Waals surface area contributed by atoms with Gasteiger partial charge in [0, 0.05) is 12.1 Å². The molecule has 0 heterocycles. The molecule has 0 aromatic heterocycles. The minimum Gasteiger partial charge on any atom is -0.741 e. The Morgan fingerprint density at radius 2 is 1.20 bits per heavy atom. The van der Waals surface area contributed by atoms with Crippen LogP contribution >= 0.6 is 0 Å². The average Bonchev–Trinajstić information content (AvgIpc) is 2.35. The predicted molar refractivity (Wildman–Crippen MR) is 56.5 cm³/mol. The van der Waals surface area contributed by atoms with Crippen molar-refractivity contribution >= 4 is 10.1 Å². The summed E-state index contributed by atoms with van der Waals surface area (Å²) in [4.78, 5) is 0. The lowest BCUT2D eigenvalue weighted by molar-refractivity contribution is -0.538. The second kappa shape index (κ2) is 7.95. The number of nitriles is 1. The maximum atomic E-state index is 12.3. The highest BCUT2D eigenvalue weighted by molar-refractivity contribution is 7.86. The van der Waals surface area contributed by atoms with E-state index >= 15 is 0 Å². The number of benzene rings is 1. The Balaban J connectivity index is 0.000000609. The van der Waals surface area contributed by atoms with Crippen molar-refractivity contribution in [1.29, 1.82) is 5.26 Å². The number of nitrogens with zero attached hydrogens (tertiary/aromatic N) is 1. The molecular weight excluding hydrogens is 512 g/mol. The van der Waals surface area contributed by atoms with Crippen LogP contribution in [0.25, 0.3) is 0 Å². The lowest BCUT2D eigenvalue weighted by Crippen LogP contribution is -3.59. The molecule has 15 heteroatoms. The first-order chi connectivity index (χ1) is 10.9. The quantitative estimate of drug-likeness (QED) is 0.237. The highest BCUT2D eigenvalue weighted by atomic mass is 127. The van der Waals surface area contributed by atoms with Crippen LogP contribution in [0.4, 0.5) is 39.5 Å². The minimum atomic E-state index is -6.09. The van der Waals surface area contributed by atoms with Gasteiger partial charge in [-0.3, -0.25) is 0 Å². The smallest absolute Gasteiger partial charge is 0.485 e. The van der Waals surface area contributed by atoms with E-state index in [0.717, 1.165) is 0 Å². The topological polar surface area (TPSA) is 81.0 Å². The molecular formula is C10H3F9INO3S. The fraction of sp³-hybridized carbons (Fsp3) is 0.300. The Morgan fingerprint density at radius 1 is 0.880 bits per heavy atom. The van der Waals surface area contributed by atoms with Gasteiger partial charge in [-0.1, -0.05) is 0 Å².